The van der Waals surface area contributed by atoms with Crippen LogP contribution in [-0.2, 0) is 4.79 Å². The van der Waals surface area contributed by atoms with Gasteiger partial charge in [0.25, 0.3) is 0 Å². The van der Waals surface area contributed by atoms with Crippen molar-refractivity contribution in [3.05, 3.63) is 12.2 Å². The largest absolute Gasteiger partial charge is 0.481 e. The van der Waals surface area contributed by atoms with Crippen molar-refractivity contribution in [2.75, 3.05) is 6.61 Å². The van der Waals surface area contributed by atoms with E-state index in [1.165, 1.54) is 0 Å². The summed E-state index contributed by atoms with van der Waals surface area (Å²) in [6.07, 6.45) is 4.79. The van der Waals surface area contributed by atoms with E-state index in [-0.39, 0.29) is 24.9 Å². The van der Waals surface area contributed by atoms with Gasteiger partial charge in [-0.3, -0.25) is 4.79 Å². The lowest BCUT2D eigenvalue weighted by atomic mass is 9.93. The maximum Gasteiger partial charge on any atom is 0.303 e. The van der Waals surface area contributed by atoms with Crippen molar-refractivity contribution in [1.82, 2.24) is 0 Å². The van der Waals surface area contributed by atoms with Crippen LogP contribution in [0.3, 0.4) is 0 Å². The molecule has 0 radical (unpaired) electrons. The Labute approximate surface area is 65.3 Å². The summed E-state index contributed by atoms with van der Waals surface area (Å²) >= 11 is 0. The van der Waals surface area contributed by atoms with Crippen molar-refractivity contribution in [2.45, 2.75) is 12.8 Å². The van der Waals surface area contributed by atoms with E-state index in [2.05, 4.69) is 0 Å². The normalized spacial score (nSPS) is 29.2. The number of aliphatic carboxylic acids is 1. The third kappa shape index (κ3) is 2.05. The highest BCUT2D eigenvalue weighted by atomic mass is 16.4. The number of aliphatic hydroxyl groups is 1. The Morgan fingerprint density at radius 3 is 2.91 bits per heavy atom. The molecule has 0 fully saturated rings. The molecule has 0 amide bonds. The molecule has 11 heavy (non-hydrogen) atoms. The first-order valence-electron chi connectivity index (χ1n) is 3.73. The van der Waals surface area contributed by atoms with Gasteiger partial charge in [0.15, 0.2) is 0 Å². The van der Waals surface area contributed by atoms with Gasteiger partial charge in [-0.2, -0.15) is 0 Å². The van der Waals surface area contributed by atoms with E-state index >= 15 is 0 Å². The number of aliphatic hydroxyl groups excluding tert-OH is 1. The molecule has 0 heterocycles. The van der Waals surface area contributed by atoms with Gasteiger partial charge in [-0.25, -0.2) is 0 Å². The number of carbonyl (C=O) groups is 1. The van der Waals surface area contributed by atoms with Gasteiger partial charge < -0.3 is 10.2 Å². The summed E-state index contributed by atoms with van der Waals surface area (Å²) in [5.41, 5.74) is 0. The maximum atomic E-state index is 10.3. The van der Waals surface area contributed by atoms with Gasteiger partial charge in [-0.1, -0.05) is 12.2 Å². The summed E-state index contributed by atoms with van der Waals surface area (Å²) in [5.74, 6) is -0.610. The number of allylic oxidation sites excluding steroid dienone is 1. The molecule has 2 N–H and O–H groups in total. The minimum atomic E-state index is -0.780. The van der Waals surface area contributed by atoms with Crippen LogP contribution in [0.1, 0.15) is 12.8 Å². The van der Waals surface area contributed by atoms with Gasteiger partial charge in [0, 0.05) is 18.9 Å². The first-order valence-corrected chi connectivity index (χ1v) is 3.73. The van der Waals surface area contributed by atoms with Crippen LogP contribution >= 0.6 is 0 Å². The van der Waals surface area contributed by atoms with Crippen molar-refractivity contribution < 1.29 is 15.0 Å². The molecule has 0 saturated carbocycles. The number of rotatable bonds is 3. The Balaban J connectivity index is 2.41. The Morgan fingerprint density at radius 2 is 2.36 bits per heavy atom. The van der Waals surface area contributed by atoms with Gasteiger partial charge in [0.05, 0.1) is 0 Å². The summed E-state index contributed by atoms with van der Waals surface area (Å²) in [4.78, 5) is 10.3. The van der Waals surface area contributed by atoms with Crippen molar-refractivity contribution >= 4 is 5.97 Å². The van der Waals surface area contributed by atoms with Crippen LogP contribution in [-0.4, -0.2) is 22.8 Å². The van der Waals surface area contributed by atoms with Crippen LogP contribution in [0, 0.1) is 11.8 Å². The fourth-order valence-corrected chi connectivity index (χ4v) is 1.43. The molecular weight excluding hydrogens is 144 g/mol. The molecule has 0 aromatic rings. The highest BCUT2D eigenvalue weighted by molar-refractivity contribution is 5.67. The quantitative estimate of drug-likeness (QED) is 0.590. The van der Waals surface area contributed by atoms with Gasteiger partial charge >= 0.3 is 5.97 Å². The number of carboxylic acids is 1. The lowest BCUT2D eigenvalue weighted by Crippen LogP contribution is -2.15. The first-order chi connectivity index (χ1) is 5.24. The second kappa shape index (κ2) is 3.53. The Hall–Kier alpha value is -0.830. The Morgan fingerprint density at radius 1 is 1.64 bits per heavy atom. The number of hydrogen-bond donors (Lipinski definition) is 2. The van der Waals surface area contributed by atoms with Gasteiger partial charge in [0.2, 0.25) is 0 Å². The second-order valence-electron chi connectivity index (χ2n) is 2.87. The smallest absolute Gasteiger partial charge is 0.303 e. The Bertz CT molecular complexity index is 174. The van der Waals surface area contributed by atoms with Crippen LogP contribution in [0.4, 0.5) is 0 Å². The van der Waals surface area contributed by atoms with Crippen molar-refractivity contribution in [3.63, 3.8) is 0 Å². The Kier molecular flexibility index (Phi) is 2.65. The van der Waals surface area contributed by atoms with E-state index in [4.69, 9.17) is 10.2 Å². The maximum absolute atomic E-state index is 10.3. The van der Waals surface area contributed by atoms with Crippen molar-refractivity contribution in [2.24, 2.45) is 11.8 Å². The predicted molar refractivity (Wildman–Crippen MR) is 40.1 cm³/mol. The molecule has 0 unspecified atom stereocenters. The van der Waals surface area contributed by atoms with Crippen LogP contribution < -0.4 is 0 Å². The van der Waals surface area contributed by atoms with Gasteiger partial charge in [0.1, 0.15) is 0 Å². The monoisotopic (exact) mass is 156 g/mol. The number of hydrogen-bond acceptors (Lipinski definition) is 2. The van der Waals surface area contributed by atoms with Crippen LogP contribution in [0.25, 0.3) is 0 Å². The highest BCUT2D eigenvalue weighted by Crippen LogP contribution is 2.27. The summed E-state index contributed by atoms with van der Waals surface area (Å²) in [6.45, 7) is 0.0639. The minimum absolute atomic E-state index is 0.0612. The predicted octanol–water partition coefficient (Wildman–Crippen LogP) is 0.646. The van der Waals surface area contributed by atoms with E-state index in [1.54, 1.807) is 0 Å². The second-order valence-corrected chi connectivity index (χ2v) is 2.87. The highest BCUT2D eigenvalue weighted by Gasteiger charge is 2.23. The summed E-state index contributed by atoms with van der Waals surface area (Å²) in [7, 11) is 0. The lowest BCUT2D eigenvalue weighted by Gasteiger charge is -2.13. The van der Waals surface area contributed by atoms with E-state index in [0.29, 0.717) is 0 Å². The third-order valence-corrected chi connectivity index (χ3v) is 2.08. The zero-order valence-electron chi connectivity index (χ0n) is 6.23. The van der Waals surface area contributed by atoms with E-state index in [1.807, 2.05) is 12.2 Å². The van der Waals surface area contributed by atoms with Gasteiger partial charge in [-0.05, 0) is 12.3 Å². The zero-order chi connectivity index (χ0) is 8.27. The standard InChI is InChI=1S/C8H12O3/c9-5-7-3-1-2-6(7)4-8(10)11/h1,3,6-7,9H,2,4-5H2,(H,10,11)/t6-,7+/m1/s1. The minimum Gasteiger partial charge on any atom is -0.481 e. The lowest BCUT2D eigenvalue weighted by molar-refractivity contribution is -0.138. The van der Waals surface area contributed by atoms with Crippen LogP contribution in [0.2, 0.25) is 0 Å². The summed E-state index contributed by atoms with van der Waals surface area (Å²) in [6, 6.07) is 0. The fourth-order valence-electron chi connectivity index (χ4n) is 1.43. The van der Waals surface area contributed by atoms with E-state index in [9.17, 15) is 4.79 Å². The zero-order valence-corrected chi connectivity index (χ0v) is 6.23. The van der Waals surface area contributed by atoms with Gasteiger partial charge in [-0.15, -0.1) is 0 Å². The molecule has 2 atom stereocenters. The molecule has 1 rings (SSSR count). The average Bonchev–Trinajstić information content (AvgIpc) is 2.34. The molecule has 62 valence electrons. The number of carboxylic acid groups (broad SMARTS) is 1. The molecule has 1 aliphatic rings. The molecule has 3 heteroatoms. The first kappa shape index (κ1) is 8.27. The third-order valence-electron chi connectivity index (χ3n) is 2.08. The van der Waals surface area contributed by atoms with E-state index < -0.39 is 5.97 Å². The molecule has 0 bridgehead atoms. The van der Waals surface area contributed by atoms with Crippen molar-refractivity contribution in [3.8, 4) is 0 Å². The molecule has 1 aliphatic carbocycles. The topological polar surface area (TPSA) is 57.5 Å². The molecule has 0 saturated heterocycles. The summed E-state index contributed by atoms with van der Waals surface area (Å²) in [5, 5.41) is 17.3. The van der Waals surface area contributed by atoms with Crippen LogP contribution in [0.5, 0.6) is 0 Å². The average molecular weight is 156 g/mol. The SMILES string of the molecule is O=C(O)C[C@H]1CC=C[C@H]1CO. The van der Waals surface area contributed by atoms with Crippen molar-refractivity contribution in [1.29, 1.82) is 0 Å². The van der Waals surface area contributed by atoms with Crippen LogP contribution in [0.15, 0.2) is 12.2 Å². The summed E-state index contributed by atoms with van der Waals surface area (Å²) < 4.78 is 0. The molecule has 0 spiro atoms. The molecule has 0 aromatic heterocycles. The molecular formula is C8H12O3. The van der Waals surface area contributed by atoms with E-state index in [0.717, 1.165) is 6.42 Å². The molecule has 0 aromatic carbocycles. The fraction of sp³-hybridized carbons (Fsp3) is 0.625. The molecule has 3 nitrogen and oxygen atoms in total. The molecule has 0 aliphatic heterocycles.